The van der Waals surface area contributed by atoms with Crippen molar-refractivity contribution in [3.8, 4) is 0 Å². The SMILES string of the molecule is O=C(O)C1CCCN1C(c1ccc(F)cc1F)c1ccccc1C(F)(F)F. The minimum atomic E-state index is -4.70. The minimum Gasteiger partial charge on any atom is -0.480 e. The summed E-state index contributed by atoms with van der Waals surface area (Å²) in [6.45, 7) is 0.185. The molecule has 1 heterocycles. The van der Waals surface area contributed by atoms with Gasteiger partial charge in [0, 0.05) is 18.2 Å². The third-order valence-corrected chi connectivity index (χ3v) is 4.73. The Morgan fingerprint density at radius 3 is 2.44 bits per heavy atom. The largest absolute Gasteiger partial charge is 0.480 e. The van der Waals surface area contributed by atoms with Crippen LogP contribution in [-0.4, -0.2) is 28.6 Å². The van der Waals surface area contributed by atoms with E-state index < -0.39 is 41.4 Å². The maximum absolute atomic E-state index is 14.5. The Morgan fingerprint density at radius 2 is 1.81 bits per heavy atom. The highest BCUT2D eigenvalue weighted by atomic mass is 19.4. The first-order valence-electron chi connectivity index (χ1n) is 8.29. The lowest BCUT2D eigenvalue weighted by Gasteiger charge is -2.33. The molecule has 1 aliphatic rings. The summed E-state index contributed by atoms with van der Waals surface area (Å²) in [5.74, 6) is -3.08. The molecular formula is C19H16F5NO2. The van der Waals surface area contributed by atoms with E-state index in [0.717, 1.165) is 18.2 Å². The summed E-state index contributed by atoms with van der Waals surface area (Å²) >= 11 is 0. The third-order valence-electron chi connectivity index (χ3n) is 4.73. The number of carboxylic acids is 1. The lowest BCUT2D eigenvalue weighted by atomic mass is 9.91. The van der Waals surface area contributed by atoms with Gasteiger partial charge in [0.1, 0.15) is 17.7 Å². The van der Waals surface area contributed by atoms with Crippen molar-refractivity contribution >= 4 is 5.97 Å². The highest BCUT2D eigenvalue weighted by Gasteiger charge is 2.42. The van der Waals surface area contributed by atoms with Crippen molar-refractivity contribution in [3.05, 3.63) is 70.8 Å². The van der Waals surface area contributed by atoms with Crippen LogP contribution in [0.4, 0.5) is 22.0 Å². The molecule has 0 saturated carbocycles. The van der Waals surface area contributed by atoms with E-state index in [-0.39, 0.29) is 24.1 Å². The summed E-state index contributed by atoms with van der Waals surface area (Å²) in [5, 5.41) is 9.45. The molecule has 2 unspecified atom stereocenters. The molecule has 1 fully saturated rings. The van der Waals surface area contributed by atoms with Crippen LogP contribution in [-0.2, 0) is 11.0 Å². The number of aliphatic carboxylic acids is 1. The van der Waals surface area contributed by atoms with E-state index in [9.17, 15) is 31.9 Å². The fourth-order valence-corrected chi connectivity index (χ4v) is 3.60. The highest BCUT2D eigenvalue weighted by Crippen LogP contribution is 2.42. The van der Waals surface area contributed by atoms with Crippen molar-refractivity contribution in [2.24, 2.45) is 0 Å². The normalized spacial score (nSPS) is 19.2. The molecule has 0 spiro atoms. The van der Waals surface area contributed by atoms with Gasteiger partial charge < -0.3 is 5.11 Å². The zero-order valence-corrected chi connectivity index (χ0v) is 14.0. The van der Waals surface area contributed by atoms with Crippen LogP contribution >= 0.6 is 0 Å². The topological polar surface area (TPSA) is 40.5 Å². The van der Waals surface area contributed by atoms with Gasteiger partial charge in [-0.3, -0.25) is 9.69 Å². The number of halogens is 5. The van der Waals surface area contributed by atoms with Gasteiger partial charge in [0.15, 0.2) is 0 Å². The second-order valence-corrected chi connectivity index (χ2v) is 6.39. The van der Waals surface area contributed by atoms with E-state index >= 15 is 0 Å². The van der Waals surface area contributed by atoms with Crippen LogP contribution in [0.2, 0.25) is 0 Å². The van der Waals surface area contributed by atoms with Gasteiger partial charge in [-0.2, -0.15) is 13.2 Å². The Morgan fingerprint density at radius 1 is 1.11 bits per heavy atom. The number of nitrogens with zero attached hydrogens (tertiary/aromatic N) is 1. The molecule has 0 aliphatic carbocycles. The molecule has 144 valence electrons. The molecule has 2 aromatic carbocycles. The standard InChI is InChI=1S/C19H16F5NO2/c20-11-7-8-13(15(21)10-11)17(25-9-3-6-16(25)18(26)27)12-4-1-2-5-14(12)19(22,23)24/h1-2,4-5,7-8,10,16-17H,3,6,9H2,(H,26,27). The Bertz CT molecular complexity index is 852. The van der Waals surface area contributed by atoms with Crippen molar-refractivity contribution in [3.63, 3.8) is 0 Å². The first-order chi connectivity index (χ1) is 12.7. The second kappa shape index (κ2) is 7.26. The van der Waals surface area contributed by atoms with Crippen molar-refractivity contribution in [1.82, 2.24) is 4.90 Å². The van der Waals surface area contributed by atoms with E-state index in [1.165, 1.54) is 23.1 Å². The van der Waals surface area contributed by atoms with Crippen LogP contribution in [0.3, 0.4) is 0 Å². The Balaban J connectivity index is 2.22. The zero-order chi connectivity index (χ0) is 19.8. The van der Waals surface area contributed by atoms with Crippen LogP contribution in [0.25, 0.3) is 0 Å². The van der Waals surface area contributed by atoms with Crippen LogP contribution in [0.1, 0.15) is 35.6 Å². The monoisotopic (exact) mass is 385 g/mol. The summed E-state index contributed by atoms with van der Waals surface area (Å²) in [6, 6.07) is 4.92. The van der Waals surface area contributed by atoms with Gasteiger partial charge in [-0.05, 0) is 30.5 Å². The zero-order valence-electron chi connectivity index (χ0n) is 14.0. The molecule has 1 N–H and O–H groups in total. The first kappa shape index (κ1) is 19.3. The van der Waals surface area contributed by atoms with E-state index in [0.29, 0.717) is 12.5 Å². The Labute approximate surface area is 152 Å². The van der Waals surface area contributed by atoms with Gasteiger partial charge in [-0.15, -0.1) is 0 Å². The van der Waals surface area contributed by atoms with Gasteiger partial charge in [-0.25, -0.2) is 8.78 Å². The molecule has 3 rings (SSSR count). The molecule has 1 saturated heterocycles. The number of rotatable bonds is 4. The smallest absolute Gasteiger partial charge is 0.416 e. The van der Waals surface area contributed by atoms with Gasteiger partial charge in [0.2, 0.25) is 0 Å². The summed E-state index contributed by atoms with van der Waals surface area (Å²) < 4.78 is 68.5. The lowest BCUT2D eigenvalue weighted by molar-refractivity contribution is -0.143. The Hall–Kier alpha value is -2.48. The van der Waals surface area contributed by atoms with Gasteiger partial charge in [0.25, 0.3) is 0 Å². The van der Waals surface area contributed by atoms with Crippen molar-refractivity contribution in [2.75, 3.05) is 6.54 Å². The van der Waals surface area contributed by atoms with Crippen LogP contribution in [0.15, 0.2) is 42.5 Å². The van der Waals surface area contributed by atoms with Gasteiger partial charge in [-0.1, -0.05) is 24.3 Å². The van der Waals surface area contributed by atoms with Gasteiger partial charge >= 0.3 is 12.1 Å². The van der Waals surface area contributed by atoms with Gasteiger partial charge in [0.05, 0.1) is 11.6 Å². The molecule has 2 atom stereocenters. The fraction of sp³-hybridized carbons (Fsp3) is 0.316. The minimum absolute atomic E-state index is 0.185. The molecule has 27 heavy (non-hydrogen) atoms. The molecule has 2 aromatic rings. The predicted molar refractivity (Wildman–Crippen MR) is 87.0 cm³/mol. The van der Waals surface area contributed by atoms with Crippen LogP contribution < -0.4 is 0 Å². The molecule has 0 aromatic heterocycles. The molecule has 0 amide bonds. The molecule has 8 heteroatoms. The molecule has 0 radical (unpaired) electrons. The highest BCUT2D eigenvalue weighted by molar-refractivity contribution is 5.74. The number of hydrogen-bond donors (Lipinski definition) is 1. The number of carboxylic acid groups (broad SMARTS) is 1. The quantitative estimate of drug-likeness (QED) is 0.781. The van der Waals surface area contributed by atoms with Crippen LogP contribution in [0.5, 0.6) is 0 Å². The summed E-state index contributed by atoms with van der Waals surface area (Å²) in [5.41, 5.74) is -1.43. The first-order valence-corrected chi connectivity index (χ1v) is 8.29. The number of benzene rings is 2. The van der Waals surface area contributed by atoms with Crippen molar-refractivity contribution in [2.45, 2.75) is 31.1 Å². The Kier molecular flexibility index (Phi) is 5.19. The molecule has 3 nitrogen and oxygen atoms in total. The number of likely N-dealkylation sites (tertiary alicyclic amines) is 1. The maximum Gasteiger partial charge on any atom is 0.416 e. The third kappa shape index (κ3) is 3.80. The summed E-state index contributed by atoms with van der Waals surface area (Å²) in [7, 11) is 0. The van der Waals surface area contributed by atoms with E-state index in [1.54, 1.807) is 0 Å². The summed E-state index contributed by atoms with van der Waals surface area (Å²) in [4.78, 5) is 12.9. The van der Waals surface area contributed by atoms with E-state index in [1.807, 2.05) is 0 Å². The lowest BCUT2D eigenvalue weighted by Crippen LogP contribution is -2.40. The number of alkyl halides is 3. The maximum atomic E-state index is 14.5. The average Bonchev–Trinajstić information content (AvgIpc) is 3.06. The molecular weight excluding hydrogens is 369 g/mol. The molecule has 0 bridgehead atoms. The predicted octanol–water partition coefficient (Wildman–Crippen LogP) is 4.62. The number of hydrogen-bond acceptors (Lipinski definition) is 2. The van der Waals surface area contributed by atoms with E-state index in [4.69, 9.17) is 0 Å². The summed E-state index contributed by atoms with van der Waals surface area (Å²) in [6.07, 6.45) is -4.02. The van der Waals surface area contributed by atoms with Crippen molar-refractivity contribution < 1.29 is 31.9 Å². The second-order valence-electron chi connectivity index (χ2n) is 6.39. The number of carbonyl (C=O) groups is 1. The average molecular weight is 385 g/mol. The fourth-order valence-electron chi connectivity index (χ4n) is 3.60. The molecule has 1 aliphatic heterocycles. The van der Waals surface area contributed by atoms with Crippen LogP contribution in [0, 0.1) is 11.6 Å². The van der Waals surface area contributed by atoms with Crippen molar-refractivity contribution in [1.29, 1.82) is 0 Å². The van der Waals surface area contributed by atoms with E-state index in [2.05, 4.69) is 0 Å².